The minimum atomic E-state index is -0.712. The maximum Gasteiger partial charge on any atom is 0.332 e. The van der Waals surface area contributed by atoms with Gasteiger partial charge in [-0.2, -0.15) is 0 Å². The molecule has 0 saturated heterocycles. The van der Waals surface area contributed by atoms with Crippen LogP contribution in [0.1, 0.15) is 54.4 Å². The molecule has 1 fully saturated rings. The number of aromatic nitrogens is 2. The number of amides is 1. The second-order valence-corrected chi connectivity index (χ2v) is 10.9. The average Bonchev–Trinajstić information content (AvgIpc) is 3.46. The molecule has 42 heavy (non-hydrogen) atoms. The minimum absolute atomic E-state index is 0.0588. The molecule has 0 unspecified atom stereocenters. The molecule has 216 valence electrons. The highest BCUT2D eigenvalue weighted by Gasteiger charge is 2.22. The Morgan fingerprint density at radius 2 is 1.71 bits per heavy atom. The number of halogens is 1. The lowest BCUT2D eigenvalue weighted by atomic mass is 9.85. The van der Waals surface area contributed by atoms with Crippen molar-refractivity contribution in [3.63, 3.8) is 0 Å². The van der Waals surface area contributed by atoms with E-state index < -0.39 is 29.5 Å². The number of carbonyl (C=O) groups is 2. The van der Waals surface area contributed by atoms with Gasteiger partial charge in [0.25, 0.3) is 5.56 Å². The topological polar surface area (TPSA) is 109 Å². The quantitative estimate of drug-likeness (QED) is 0.302. The molecule has 1 aliphatic heterocycles. The van der Waals surface area contributed by atoms with Gasteiger partial charge in [-0.15, -0.1) is 0 Å². The first-order valence-corrected chi connectivity index (χ1v) is 14.1. The number of carbonyl (C=O) groups excluding carboxylic acids is 2. The summed E-state index contributed by atoms with van der Waals surface area (Å²) in [4.78, 5) is 53.7. The van der Waals surface area contributed by atoms with Gasteiger partial charge in [0.05, 0.1) is 17.4 Å². The fourth-order valence-electron chi connectivity index (χ4n) is 5.79. The fourth-order valence-corrected chi connectivity index (χ4v) is 5.79. The third kappa shape index (κ3) is 5.70. The normalized spacial score (nSPS) is 14.7. The molecule has 2 aliphatic rings. The molecular formula is C32H30FN3O6. The maximum absolute atomic E-state index is 13.8. The third-order valence-corrected chi connectivity index (χ3v) is 7.93. The lowest BCUT2D eigenvalue weighted by molar-refractivity contribution is -0.116. The highest BCUT2D eigenvalue weighted by Crippen LogP contribution is 2.32. The lowest BCUT2D eigenvalue weighted by Gasteiger charge is -2.21. The monoisotopic (exact) mass is 571 g/mol. The Hall–Kier alpha value is -4.73. The molecule has 10 heteroatoms. The van der Waals surface area contributed by atoms with Gasteiger partial charge in [0.15, 0.2) is 17.3 Å². The Kier molecular flexibility index (Phi) is 7.60. The zero-order valence-corrected chi connectivity index (χ0v) is 22.9. The third-order valence-electron chi connectivity index (χ3n) is 7.93. The Morgan fingerprint density at radius 3 is 2.52 bits per heavy atom. The predicted molar refractivity (Wildman–Crippen MR) is 155 cm³/mol. The van der Waals surface area contributed by atoms with Crippen LogP contribution in [-0.4, -0.2) is 27.6 Å². The molecule has 0 radical (unpaired) electrons. The molecule has 0 atom stereocenters. The van der Waals surface area contributed by atoms with E-state index in [1.165, 1.54) is 41.3 Å². The number of benzene rings is 3. The predicted octanol–water partition coefficient (Wildman–Crippen LogP) is 4.87. The SMILES string of the molecule is O=C(Cn1c(=O)n(Cc2ccc3c(c2)OCO3)c(=O)c2ccc(C(=O)CC3CCCCC3)cc21)Nc1cccc(F)c1. The molecule has 9 nitrogen and oxygen atoms in total. The van der Waals surface area contributed by atoms with Crippen LogP contribution in [0.3, 0.4) is 0 Å². The molecule has 3 aromatic carbocycles. The summed E-state index contributed by atoms with van der Waals surface area (Å²) in [6.45, 7) is -0.435. The Morgan fingerprint density at radius 1 is 0.905 bits per heavy atom. The summed E-state index contributed by atoms with van der Waals surface area (Å²) in [5, 5.41) is 2.80. The molecule has 0 bridgehead atoms. The Balaban J connectivity index is 1.39. The van der Waals surface area contributed by atoms with E-state index in [2.05, 4.69) is 5.32 Å². The van der Waals surface area contributed by atoms with Crippen molar-refractivity contribution in [1.29, 1.82) is 0 Å². The number of fused-ring (bicyclic) bond motifs is 2. The van der Waals surface area contributed by atoms with Gasteiger partial charge in [-0.3, -0.25) is 23.5 Å². The molecule has 1 amide bonds. The van der Waals surface area contributed by atoms with E-state index in [9.17, 15) is 23.6 Å². The van der Waals surface area contributed by atoms with E-state index in [1.54, 1.807) is 30.3 Å². The van der Waals surface area contributed by atoms with Gasteiger partial charge in [0.2, 0.25) is 12.7 Å². The molecule has 1 saturated carbocycles. The van der Waals surface area contributed by atoms with E-state index in [-0.39, 0.29) is 35.7 Å². The molecule has 0 spiro atoms. The standard InChI is InChI=1S/C32H30FN3O6/c33-23-7-4-8-24(16-23)34-30(38)18-35-26-15-22(27(37)13-20-5-2-1-3-6-20)10-11-25(26)31(39)36(32(35)40)17-21-9-12-28-29(14-21)42-19-41-28/h4,7-12,14-16,20H,1-3,5-6,13,17-19H2,(H,34,38). The largest absolute Gasteiger partial charge is 0.454 e. The first-order valence-electron chi connectivity index (χ1n) is 14.1. The molecule has 1 aromatic heterocycles. The Bertz CT molecular complexity index is 1800. The van der Waals surface area contributed by atoms with Crippen molar-refractivity contribution in [1.82, 2.24) is 9.13 Å². The van der Waals surface area contributed by atoms with Crippen molar-refractivity contribution in [3.8, 4) is 11.5 Å². The van der Waals surface area contributed by atoms with Crippen molar-refractivity contribution in [3.05, 3.63) is 98.4 Å². The fraction of sp³-hybridized carbons (Fsp3) is 0.312. The minimum Gasteiger partial charge on any atom is -0.454 e. The number of ether oxygens (including phenoxy) is 2. The van der Waals surface area contributed by atoms with Gasteiger partial charge < -0.3 is 14.8 Å². The van der Waals surface area contributed by atoms with Crippen LogP contribution >= 0.6 is 0 Å². The van der Waals surface area contributed by atoms with Crippen LogP contribution in [0.5, 0.6) is 11.5 Å². The zero-order chi connectivity index (χ0) is 29.2. The highest BCUT2D eigenvalue weighted by molar-refractivity contribution is 5.99. The Labute approximate surface area is 240 Å². The van der Waals surface area contributed by atoms with Crippen LogP contribution in [0, 0.1) is 11.7 Å². The number of rotatable bonds is 8. The van der Waals surface area contributed by atoms with Gasteiger partial charge in [-0.25, -0.2) is 9.18 Å². The number of anilines is 1. The van der Waals surface area contributed by atoms with E-state index in [4.69, 9.17) is 9.47 Å². The van der Waals surface area contributed by atoms with Crippen LogP contribution in [0.25, 0.3) is 10.9 Å². The summed E-state index contributed by atoms with van der Waals surface area (Å²) in [6.07, 6.45) is 5.82. The van der Waals surface area contributed by atoms with Crippen LogP contribution in [0.15, 0.2) is 70.3 Å². The van der Waals surface area contributed by atoms with E-state index in [0.717, 1.165) is 30.3 Å². The van der Waals surface area contributed by atoms with Gasteiger partial charge in [-0.1, -0.05) is 50.3 Å². The molecule has 1 N–H and O–H groups in total. The zero-order valence-electron chi connectivity index (χ0n) is 22.9. The van der Waals surface area contributed by atoms with Crippen molar-refractivity contribution in [2.45, 2.75) is 51.6 Å². The van der Waals surface area contributed by atoms with Crippen molar-refractivity contribution >= 4 is 28.3 Å². The van der Waals surface area contributed by atoms with Gasteiger partial charge in [0, 0.05) is 17.7 Å². The molecule has 2 heterocycles. The molecule has 4 aromatic rings. The molecule has 6 rings (SSSR count). The molecule has 1 aliphatic carbocycles. The first-order chi connectivity index (χ1) is 20.4. The summed E-state index contributed by atoms with van der Waals surface area (Å²) in [5.41, 5.74) is 0.190. The average molecular weight is 572 g/mol. The van der Waals surface area contributed by atoms with E-state index in [1.807, 2.05) is 0 Å². The lowest BCUT2D eigenvalue weighted by Crippen LogP contribution is -2.42. The number of nitrogens with zero attached hydrogens (tertiary/aromatic N) is 2. The summed E-state index contributed by atoms with van der Waals surface area (Å²) in [5.74, 6) is 0.233. The second kappa shape index (κ2) is 11.6. The number of ketones is 1. The first kappa shape index (κ1) is 27.4. The molecular weight excluding hydrogens is 541 g/mol. The van der Waals surface area contributed by atoms with E-state index in [0.29, 0.717) is 35.0 Å². The van der Waals surface area contributed by atoms with Crippen LogP contribution < -0.4 is 26.0 Å². The number of Topliss-reactive ketones (excluding diaryl/α,β-unsaturated/α-hetero) is 1. The highest BCUT2D eigenvalue weighted by atomic mass is 19.1. The summed E-state index contributed by atoms with van der Waals surface area (Å²) >= 11 is 0. The van der Waals surface area contributed by atoms with Crippen LogP contribution in [-0.2, 0) is 17.9 Å². The summed E-state index contributed by atoms with van der Waals surface area (Å²) in [6, 6.07) is 15.2. The number of hydrogen-bond acceptors (Lipinski definition) is 6. The maximum atomic E-state index is 13.8. The second-order valence-electron chi connectivity index (χ2n) is 10.9. The van der Waals surface area contributed by atoms with Gasteiger partial charge >= 0.3 is 5.69 Å². The van der Waals surface area contributed by atoms with Crippen molar-refractivity contribution in [2.24, 2.45) is 5.92 Å². The van der Waals surface area contributed by atoms with Crippen molar-refractivity contribution < 1.29 is 23.5 Å². The van der Waals surface area contributed by atoms with E-state index >= 15 is 0 Å². The number of nitrogens with one attached hydrogen (secondary N) is 1. The van der Waals surface area contributed by atoms with Crippen LogP contribution in [0.4, 0.5) is 10.1 Å². The summed E-state index contributed by atoms with van der Waals surface area (Å²) < 4.78 is 26.7. The van der Waals surface area contributed by atoms with Gasteiger partial charge in [-0.05, 0) is 53.9 Å². The summed E-state index contributed by atoms with van der Waals surface area (Å²) in [7, 11) is 0. The van der Waals surface area contributed by atoms with Crippen molar-refractivity contribution in [2.75, 3.05) is 12.1 Å². The van der Waals surface area contributed by atoms with Crippen LogP contribution in [0.2, 0.25) is 0 Å². The number of hydrogen-bond donors (Lipinski definition) is 1. The smallest absolute Gasteiger partial charge is 0.332 e. The van der Waals surface area contributed by atoms with Gasteiger partial charge in [0.1, 0.15) is 12.4 Å².